The topological polar surface area (TPSA) is 26.0 Å². The van der Waals surface area contributed by atoms with Gasteiger partial charge in [0, 0.05) is 10.0 Å². The van der Waals surface area contributed by atoms with Crippen molar-refractivity contribution in [2.45, 2.75) is 44.1 Å². The zero-order valence-electron chi connectivity index (χ0n) is 11.6. The standard InChI is InChI=1S/C17H21BrFN/c18-12-5-4-10(16(19)7-12)8-17(20)9-11-6-15(17)14-3-1-2-13(11)14/h4-5,7,11,13-15H,1-3,6,8-9,20H2. The van der Waals surface area contributed by atoms with Gasteiger partial charge in [-0.1, -0.05) is 28.4 Å². The smallest absolute Gasteiger partial charge is 0.127 e. The van der Waals surface area contributed by atoms with Gasteiger partial charge in [0.05, 0.1) is 0 Å². The van der Waals surface area contributed by atoms with E-state index in [0.717, 1.165) is 34.2 Å². The fraction of sp³-hybridized carbons (Fsp3) is 0.647. The Balaban J connectivity index is 1.60. The van der Waals surface area contributed by atoms with Gasteiger partial charge in [-0.15, -0.1) is 0 Å². The van der Waals surface area contributed by atoms with E-state index in [0.29, 0.717) is 12.3 Å². The van der Waals surface area contributed by atoms with Crippen molar-refractivity contribution in [3.05, 3.63) is 34.1 Å². The monoisotopic (exact) mass is 337 g/mol. The Morgan fingerprint density at radius 1 is 1.30 bits per heavy atom. The van der Waals surface area contributed by atoms with Crippen molar-refractivity contribution >= 4 is 15.9 Å². The van der Waals surface area contributed by atoms with Crippen LogP contribution in [0, 0.1) is 29.5 Å². The Kier molecular flexibility index (Phi) is 3.01. The molecular weight excluding hydrogens is 317 g/mol. The summed E-state index contributed by atoms with van der Waals surface area (Å²) >= 11 is 3.32. The lowest BCUT2D eigenvalue weighted by molar-refractivity contribution is 0.155. The Bertz CT molecular complexity index is 546. The van der Waals surface area contributed by atoms with Crippen LogP contribution in [0.15, 0.2) is 22.7 Å². The summed E-state index contributed by atoms with van der Waals surface area (Å²) in [6.07, 6.45) is 7.25. The van der Waals surface area contributed by atoms with Crippen LogP contribution in [0.5, 0.6) is 0 Å². The second-order valence-electron chi connectivity index (χ2n) is 7.21. The van der Waals surface area contributed by atoms with Crippen LogP contribution in [-0.4, -0.2) is 5.54 Å². The molecule has 108 valence electrons. The minimum atomic E-state index is -0.162. The molecule has 3 aliphatic rings. The summed E-state index contributed by atoms with van der Waals surface area (Å²) in [4.78, 5) is 0. The van der Waals surface area contributed by atoms with E-state index in [4.69, 9.17) is 5.73 Å². The van der Waals surface area contributed by atoms with Crippen LogP contribution in [0.1, 0.15) is 37.7 Å². The van der Waals surface area contributed by atoms with E-state index in [1.807, 2.05) is 12.1 Å². The number of hydrogen-bond donors (Lipinski definition) is 1. The molecule has 0 aliphatic heterocycles. The molecule has 0 radical (unpaired) electrons. The Morgan fingerprint density at radius 2 is 2.10 bits per heavy atom. The van der Waals surface area contributed by atoms with Crippen LogP contribution in [-0.2, 0) is 6.42 Å². The fourth-order valence-corrected chi connectivity index (χ4v) is 5.87. The molecular formula is C17H21BrFN. The minimum absolute atomic E-state index is 0.116. The molecule has 0 saturated heterocycles. The van der Waals surface area contributed by atoms with Gasteiger partial charge in [-0.25, -0.2) is 4.39 Å². The second-order valence-corrected chi connectivity index (χ2v) is 8.13. The summed E-state index contributed by atoms with van der Waals surface area (Å²) in [5, 5.41) is 0. The molecule has 5 unspecified atom stereocenters. The summed E-state index contributed by atoms with van der Waals surface area (Å²) in [5.74, 6) is 3.10. The van der Waals surface area contributed by atoms with E-state index in [9.17, 15) is 4.39 Å². The third-order valence-electron chi connectivity index (χ3n) is 6.22. The van der Waals surface area contributed by atoms with Crippen molar-refractivity contribution in [2.75, 3.05) is 0 Å². The number of fused-ring (bicyclic) bond motifs is 5. The number of hydrogen-bond acceptors (Lipinski definition) is 1. The molecule has 20 heavy (non-hydrogen) atoms. The third kappa shape index (κ3) is 1.89. The van der Waals surface area contributed by atoms with Gasteiger partial charge in [0.2, 0.25) is 0 Å². The molecule has 5 atom stereocenters. The molecule has 0 aromatic heterocycles. The largest absolute Gasteiger partial charge is 0.325 e. The summed E-state index contributed by atoms with van der Waals surface area (Å²) in [5.41, 5.74) is 7.39. The Hall–Kier alpha value is -0.410. The Morgan fingerprint density at radius 3 is 2.90 bits per heavy atom. The predicted molar refractivity (Wildman–Crippen MR) is 81.8 cm³/mol. The number of halogens is 2. The first-order chi connectivity index (χ1) is 9.57. The lowest BCUT2D eigenvalue weighted by Gasteiger charge is -2.40. The molecule has 1 aromatic carbocycles. The minimum Gasteiger partial charge on any atom is -0.325 e. The highest BCUT2D eigenvalue weighted by atomic mass is 79.9. The second kappa shape index (κ2) is 4.54. The van der Waals surface area contributed by atoms with E-state index in [-0.39, 0.29) is 11.4 Å². The molecule has 1 nitrogen and oxygen atoms in total. The van der Waals surface area contributed by atoms with Crippen LogP contribution in [0.25, 0.3) is 0 Å². The maximum absolute atomic E-state index is 14.1. The fourth-order valence-electron chi connectivity index (χ4n) is 5.54. The molecule has 3 aliphatic carbocycles. The molecule has 1 aromatic rings. The van der Waals surface area contributed by atoms with Crippen LogP contribution in [0.3, 0.4) is 0 Å². The summed E-state index contributed by atoms with van der Waals surface area (Å²) < 4.78 is 14.9. The van der Waals surface area contributed by atoms with Crippen LogP contribution < -0.4 is 5.73 Å². The lowest BCUT2D eigenvalue weighted by atomic mass is 9.69. The van der Waals surface area contributed by atoms with Gasteiger partial charge in [-0.05, 0) is 73.5 Å². The quantitative estimate of drug-likeness (QED) is 0.856. The first-order valence-electron chi connectivity index (χ1n) is 7.80. The summed E-state index contributed by atoms with van der Waals surface area (Å²) in [6.45, 7) is 0. The van der Waals surface area contributed by atoms with Crippen molar-refractivity contribution in [2.24, 2.45) is 29.4 Å². The normalized spacial score (nSPS) is 42.1. The summed E-state index contributed by atoms with van der Waals surface area (Å²) in [7, 11) is 0. The molecule has 2 bridgehead atoms. The SMILES string of the molecule is NC1(Cc2ccc(Br)cc2F)CC2CC1C1CCCC21. The maximum Gasteiger partial charge on any atom is 0.127 e. The molecule has 0 heterocycles. The maximum atomic E-state index is 14.1. The van der Waals surface area contributed by atoms with Gasteiger partial charge in [-0.2, -0.15) is 0 Å². The molecule has 3 heteroatoms. The molecule has 4 rings (SSSR count). The highest BCUT2D eigenvalue weighted by molar-refractivity contribution is 9.10. The van der Waals surface area contributed by atoms with Crippen molar-refractivity contribution < 1.29 is 4.39 Å². The van der Waals surface area contributed by atoms with E-state index in [1.54, 1.807) is 6.07 Å². The zero-order chi connectivity index (χ0) is 13.9. The molecule has 0 amide bonds. The Labute approximate surface area is 128 Å². The van der Waals surface area contributed by atoms with Crippen molar-refractivity contribution in [1.82, 2.24) is 0 Å². The van der Waals surface area contributed by atoms with Crippen LogP contribution in [0.2, 0.25) is 0 Å². The average Bonchev–Trinajstić information content (AvgIpc) is 3.03. The third-order valence-corrected chi connectivity index (χ3v) is 6.71. The van der Waals surface area contributed by atoms with Gasteiger partial charge in [-0.3, -0.25) is 0 Å². The molecule has 2 N–H and O–H groups in total. The highest BCUT2D eigenvalue weighted by Gasteiger charge is 2.59. The van der Waals surface area contributed by atoms with E-state index >= 15 is 0 Å². The van der Waals surface area contributed by atoms with E-state index < -0.39 is 0 Å². The first-order valence-corrected chi connectivity index (χ1v) is 8.59. The van der Waals surface area contributed by atoms with Gasteiger partial charge >= 0.3 is 0 Å². The van der Waals surface area contributed by atoms with Crippen LogP contribution in [0.4, 0.5) is 4.39 Å². The van der Waals surface area contributed by atoms with Gasteiger partial charge in [0.25, 0.3) is 0 Å². The van der Waals surface area contributed by atoms with Gasteiger partial charge in [0.1, 0.15) is 5.82 Å². The molecule has 3 saturated carbocycles. The predicted octanol–water partition coefficient (Wildman–Crippen LogP) is 4.28. The lowest BCUT2D eigenvalue weighted by Crippen LogP contribution is -2.51. The van der Waals surface area contributed by atoms with Gasteiger partial charge < -0.3 is 5.73 Å². The van der Waals surface area contributed by atoms with Crippen LogP contribution >= 0.6 is 15.9 Å². The van der Waals surface area contributed by atoms with Crippen molar-refractivity contribution in [3.8, 4) is 0 Å². The molecule has 0 spiro atoms. The number of rotatable bonds is 2. The highest BCUT2D eigenvalue weighted by Crippen LogP contribution is 2.62. The first kappa shape index (κ1) is 13.3. The summed E-state index contributed by atoms with van der Waals surface area (Å²) in [6, 6.07) is 5.38. The van der Waals surface area contributed by atoms with Crippen molar-refractivity contribution in [3.63, 3.8) is 0 Å². The van der Waals surface area contributed by atoms with E-state index in [1.165, 1.54) is 25.7 Å². The average molecular weight is 338 g/mol. The van der Waals surface area contributed by atoms with Gasteiger partial charge in [0.15, 0.2) is 0 Å². The number of nitrogens with two attached hydrogens (primary N) is 1. The number of benzene rings is 1. The zero-order valence-corrected chi connectivity index (χ0v) is 13.2. The van der Waals surface area contributed by atoms with Crippen molar-refractivity contribution in [1.29, 1.82) is 0 Å². The van der Waals surface area contributed by atoms with E-state index in [2.05, 4.69) is 15.9 Å². The molecule has 3 fully saturated rings.